The molecule has 0 amide bonds. The molecule has 0 saturated heterocycles. The van der Waals surface area contributed by atoms with Crippen LogP contribution >= 0.6 is 22.9 Å². The number of ether oxygens (including phenoxy) is 1. The van der Waals surface area contributed by atoms with E-state index in [4.69, 9.17) is 16.3 Å². The van der Waals surface area contributed by atoms with Gasteiger partial charge in [0.1, 0.15) is 5.01 Å². The van der Waals surface area contributed by atoms with Crippen LogP contribution in [0.25, 0.3) is 0 Å². The maximum absolute atomic E-state index is 5.56. The number of nitrogens with zero attached hydrogens (tertiary/aromatic N) is 2. The van der Waals surface area contributed by atoms with Crippen molar-refractivity contribution in [3.63, 3.8) is 0 Å². The fourth-order valence-electron chi connectivity index (χ4n) is 0.588. The SMILES string of the molecule is CC(C)COc1nnc(CCl)s1. The molecule has 0 aliphatic rings. The Morgan fingerprint density at radius 2 is 2.25 bits per heavy atom. The summed E-state index contributed by atoms with van der Waals surface area (Å²) in [6.07, 6.45) is 0. The second kappa shape index (κ2) is 4.62. The first-order valence-electron chi connectivity index (χ1n) is 3.73. The van der Waals surface area contributed by atoms with Gasteiger partial charge >= 0.3 is 0 Å². The van der Waals surface area contributed by atoms with E-state index in [0.717, 1.165) is 5.01 Å². The van der Waals surface area contributed by atoms with Crippen LogP contribution in [-0.4, -0.2) is 16.8 Å². The lowest BCUT2D eigenvalue weighted by atomic mass is 10.2. The molecule has 5 heteroatoms. The molecule has 0 spiro atoms. The lowest BCUT2D eigenvalue weighted by Crippen LogP contribution is -2.03. The third-order valence-corrected chi connectivity index (χ3v) is 2.35. The second-order valence-corrected chi connectivity index (χ2v) is 4.09. The molecular formula is C7H11ClN2OS. The van der Waals surface area contributed by atoms with Gasteiger partial charge in [0.05, 0.1) is 12.5 Å². The van der Waals surface area contributed by atoms with Crippen molar-refractivity contribution in [1.29, 1.82) is 0 Å². The van der Waals surface area contributed by atoms with Gasteiger partial charge in [0.25, 0.3) is 5.19 Å². The van der Waals surface area contributed by atoms with Crippen molar-refractivity contribution >= 4 is 22.9 Å². The Bertz CT molecular complexity index is 239. The molecule has 1 aromatic heterocycles. The average molecular weight is 207 g/mol. The van der Waals surface area contributed by atoms with Gasteiger partial charge in [-0.3, -0.25) is 0 Å². The summed E-state index contributed by atoms with van der Waals surface area (Å²) in [5.41, 5.74) is 0. The summed E-state index contributed by atoms with van der Waals surface area (Å²) in [5.74, 6) is 0.913. The molecular weight excluding hydrogens is 196 g/mol. The summed E-state index contributed by atoms with van der Waals surface area (Å²) < 4.78 is 5.34. The van der Waals surface area contributed by atoms with Crippen LogP contribution in [0.1, 0.15) is 18.9 Å². The summed E-state index contributed by atoms with van der Waals surface area (Å²) >= 11 is 6.95. The van der Waals surface area contributed by atoms with E-state index in [2.05, 4.69) is 24.0 Å². The predicted octanol–water partition coefficient (Wildman–Crippen LogP) is 2.31. The molecule has 1 heterocycles. The molecule has 68 valence electrons. The Morgan fingerprint density at radius 3 is 2.75 bits per heavy atom. The first kappa shape index (κ1) is 9.74. The molecule has 0 aliphatic carbocycles. The van der Waals surface area contributed by atoms with E-state index in [1.165, 1.54) is 11.3 Å². The van der Waals surface area contributed by atoms with Gasteiger partial charge in [-0.25, -0.2) is 0 Å². The number of hydrogen-bond acceptors (Lipinski definition) is 4. The Labute approximate surface area is 80.7 Å². The first-order chi connectivity index (χ1) is 5.72. The second-order valence-electron chi connectivity index (χ2n) is 2.80. The largest absolute Gasteiger partial charge is 0.469 e. The van der Waals surface area contributed by atoms with E-state index in [1.54, 1.807) is 0 Å². The molecule has 12 heavy (non-hydrogen) atoms. The smallest absolute Gasteiger partial charge is 0.294 e. The van der Waals surface area contributed by atoms with Gasteiger partial charge in [-0.05, 0) is 5.92 Å². The number of halogens is 1. The highest BCUT2D eigenvalue weighted by Gasteiger charge is 2.04. The highest BCUT2D eigenvalue weighted by molar-refractivity contribution is 7.13. The zero-order chi connectivity index (χ0) is 8.97. The number of hydrogen-bond donors (Lipinski definition) is 0. The fraction of sp³-hybridized carbons (Fsp3) is 0.714. The molecule has 0 aromatic carbocycles. The summed E-state index contributed by atoms with van der Waals surface area (Å²) in [6, 6.07) is 0. The maximum Gasteiger partial charge on any atom is 0.294 e. The van der Waals surface area contributed by atoms with Crippen molar-refractivity contribution in [2.45, 2.75) is 19.7 Å². The maximum atomic E-state index is 5.56. The number of alkyl halides is 1. The summed E-state index contributed by atoms with van der Waals surface area (Å²) in [5, 5.41) is 9.06. The molecule has 0 fully saturated rings. The van der Waals surface area contributed by atoms with Crippen molar-refractivity contribution in [2.75, 3.05) is 6.61 Å². The summed E-state index contributed by atoms with van der Waals surface area (Å²) in [6.45, 7) is 4.85. The highest BCUT2D eigenvalue weighted by Crippen LogP contribution is 2.19. The first-order valence-corrected chi connectivity index (χ1v) is 5.08. The summed E-state index contributed by atoms with van der Waals surface area (Å²) in [4.78, 5) is 0. The van der Waals surface area contributed by atoms with E-state index in [-0.39, 0.29) is 0 Å². The van der Waals surface area contributed by atoms with E-state index in [0.29, 0.717) is 23.6 Å². The zero-order valence-corrected chi connectivity index (χ0v) is 8.65. The Kier molecular flexibility index (Phi) is 3.75. The predicted molar refractivity (Wildman–Crippen MR) is 49.8 cm³/mol. The van der Waals surface area contributed by atoms with Crippen molar-refractivity contribution in [1.82, 2.24) is 10.2 Å². The normalized spacial score (nSPS) is 10.7. The molecule has 0 aliphatic heterocycles. The van der Waals surface area contributed by atoms with Crippen molar-refractivity contribution in [3.8, 4) is 5.19 Å². The van der Waals surface area contributed by atoms with Crippen molar-refractivity contribution in [2.24, 2.45) is 5.92 Å². The lowest BCUT2D eigenvalue weighted by molar-refractivity contribution is 0.268. The molecule has 0 saturated carbocycles. The minimum absolute atomic E-state index is 0.405. The molecule has 0 radical (unpaired) electrons. The zero-order valence-electron chi connectivity index (χ0n) is 7.08. The van der Waals surface area contributed by atoms with Crippen LogP contribution in [0.2, 0.25) is 0 Å². The van der Waals surface area contributed by atoms with Gasteiger partial charge in [-0.2, -0.15) is 0 Å². The van der Waals surface area contributed by atoms with Gasteiger partial charge in [0, 0.05) is 0 Å². The van der Waals surface area contributed by atoms with Crippen LogP contribution < -0.4 is 4.74 Å². The van der Waals surface area contributed by atoms with Crippen LogP contribution in [0.5, 0.6) is 5.19 Å². The van der Waals surface area contributed by atoms with Crippen LogP contribution in [0.4, 0.5) is 0 Å². The van der Waals surface area contributed by atoms with E-state index >= 15 is 0 Å². The molecule has 0 N–H and O–H groups in total. The molecule has 0 unspecified atom stereocenters. The minimum Gasteiger partial charge on any atom is -0.469 e. The van der Waals surface area contributed by atoms with Gasteiger partial charge in [0.2, 0.25) is 0 Å². The van der Waals surface area contributed by atoms with Crippen LogP contribution in [0, 0.1) is 5.92 Å². The minimum atomic E-state index is 0.405. The Morgan fingerprint density at radius 1 is 1.50 bits per heavy atom. The van der Waals surface area contributed by atoms with Crippen LogP contribution in [0.3, 0.4) is 0 Å². The standard InChI is InChI=1S/C7H11ClN2OS/c1-5(2)4-11-7-10-9-6(3-8)12-7/h5H,3-4H2,1-2H3. The third-order valence-electron chi connectivity index (χ3n) is 1.10. The van der Waals surface area contributed by atoms with Gasteiger partial charge in [0.15, 0.2) is 0 Å². The Balaban J connectivity index is 2.41. The van der Waals surface area contributed by atoms with E-state index in [9.17, 15) is 0 Å². The van der Waals surface area contributed by atoms with E-state index < -0.39 is 0 Å². The van der Waals surface area contributed by atoms with Crippen LogP contribution in [-0.2, 0) is 5.88 Å². The van der Waals surface area contributed by atoms with Crippen LogP contribution in [0.15, 0.2) is 0 Å². The van der Waals surface area contributed by atoms with Gasteiger partial charge < -0.3 is 4.74 Å². The quantitative estimate of drug-likeness (QED) is 0.710. The van der Waals surface area contributed by atoms with Gasteiger partial charge in [-0.1, -0.05) is 25.2 Å². The van der Waals surface area contributed by atoms with Crippen molar-refractivity contribution < 1.29 is 4.74 Å². The van der Waals surface area contributed by atoms with Crippen molar-refractivity contribution in [3.05, 3.63) is 5.01 Å². The molecule has 3 nitrogen and oxygen atoms in total. The lowest BCUT2D eigenvalue weighted by Gasteiger charge is -2.02. The fourth-order valence-corrected chi connectivity index (χ4v) is 1.35. The highest BCUT2D eigenvalue weighted by atomic mass is 35.5. The molecule has 0 bridgehead atoms. The van der Waals surface area contributed by atoms with Gasteiger partial charge in [-0.15, -0.1) is 21.8 Å². The monoisotopic (exact) mass is 206 g/mol. The molecule has 1 aromatic rings. The summed E-state index contributed by atoms with van der Waals surface area (Å²) in [7, 11) is 0. The molecule has 1 rings (SSSR count). The third kappa shape index (κ3) is 2.95. The number of rotatable bonds is 4. The van der Waals surface area contributed by atoms with E-state index in [1.807, 2.05) is 0 Å². The molecule has 0 atom stereocenters. The average Bonchev–Trinajstić information content (AvgIpc) is 2.48. The number of aromatic nitrogens is 2. The topological polar surface area (TPSA) is 35.0 Å². The Hall–Kier alpha value is -0.350.